The number of hydrogen-bond acceptors (Lipinski definition) is 2. The molecule has 0 radical (unpaired) electrons. The molecule has 0 heterocycles. The second-order valence-corrected chi connectivity index (χ2v) is 15.9. The van der Waals surface area contributed by atoms with Gasteiger partial charge < -0.3 is 9.80 Å². The molecule has 0 bridgehead atoms. The van der Waals surface area contributed by atoms with Gasteiger partial charge in [-0.2, -0.15) is 0 Å². The molecule has 66 heavy (non-hydrogen) atoms. The molecule has 10 aromatic carbocycles. The third kappa shape index (κ3) is 8.78. The van der Waals surface area contributed by atoms with E-state index in [1.165, 1.54) is 12.1 Å². The van der Waals surface area contributed by atoms with Crippen molar-refractivity contribution in [3.63, 3.8) is 0 Å². The van der Waals surface area contributed by atoms with Crippen LogP contribution in [0.2, 0.25) is 0 Å². The van der Waals surface area contributed by atoms with Crippen LogP contribution in [-0.4, -0.2) is 0 Å². The molecule has 0 spiro atoms. The Balaban J connectivity index is 1.01. The van der Waals surface area contributed by atoms with Crippen molar-refractivity contribution in [1.82, 2.24) is 0 Å². The molecule has 10 aromatic rings. The Morgan fingerprint density at radius 3 is 0.833 bits per heavy atom. The summed E-state index contributed by atoms with van der Waals surface area (Å²) < 4.78 is 116. The molecule has 4 heteroatoms. The van der Waals surface area contributed by atoms with Crippen LogP contribution in [0.25, 0.3) is 55.6 Å². The average Bonchev–Trinajstić information content (AvgIpc) is 3.43. The number of nitrogens with zero attached hydrogens (tertiary/aromatic N) is 2. The monoisotopic (exact) mass is 866 g/mol. The summed E-state index contributed by atoms with van der Waals surface area (Å²) in [4.78, 5) is 3.76. The number of hydrogen-bond donors (Lipinski definition) is 0. The molecule has 0 N–H and O–H groups in total. The van der Waals surface area contributed by atoms with E-state index >= 15 is 8.78 Å². The molecule has 318 valence electrons. The van der Waals surface area contributed by atoms with Crippen LogP contribution in [0, 0.1) is 25.5 Å². The van der Waals surface area contributed by atoms with Gasteiger partial charge in [-0.3, -0.25) is 0 Å². The van der Waals surface area contributed by atoms with Crippen molar-refractivity contribution in [3.05, 3.63) is 265 Å². The molecule has 0 saturated heterocycles. The van der Waals surface area contributed by atoms with E-state index in [1.807, 2.05) is 133 Å². The fourth-order valence-corrected chi connectivity index (χ4v) is 8.06. The van der Waals surface area contributed by atoms with Gasteiger partial charge in [0.05, 0.1) is 13.7 Å². The SMILES string of the molecule is [2H]c1c([2H])c([2H])c(-c2ccc(N(c3ccc(-c4ccc(N(c5ccc(-c6c([2H])c([2H])c([2H])c([2H])c6[2H])cc5)c5ccc(-c6ccc(C)cc6)c(F)c5)cc4)cc3)c3ccc(-c4ccc(C)cc4)c(F)c3)cc2)c([2H])c1[2H]. The van der Waals surface area contributed by atoms with Gasteiger partial charge in [0.1, 0.15) is 11.6 Å². The van der Waals surface area contributed by atoms with E-state index < -0.39 is 47.9 Å². The van der Waals surface area contributed by atoms with Gasteiger partial charge in [0.2, 0.25) is 0 Å². The van der Waals surface area contributed by atoms with Crippen molar-refractivity contribution in [2.24, 2.45) is 0 Å². The van der Waals surface area contributed by atoms with Crippen LogP contribution < -0.4 is 9.80 Å². The molecule has 10 rings (SSSR count). The zero-order valence-corrected chi connectivity index (χ0v) is 36.0. The minimum atomic E-state index is -0.475. The molecular weight excluding hydrogens is 811 g/mol. The molecule has 0 aliphatic rings. The van der Waals surface area contributed by atoms with Crippen LogP contribution in [0.15, 0.2) is 242 Å². The molecule has 0 atom stereocenters. The summed E-state index contributed by atoms with van der Waals surface area (Å²) in [6.45, 7) is 3.94. The van der Waals surface area contributed by atoms with Crippen molar-refractivity contribution < 1.29 is 22.5 Å². The van der Waals surface area contributed by atoms with Gasteiger partial charge in [-0.1, -0.05) is 169 Å². The van der Waals surface area contributed by atoms with Crippen molar-refractivity contribution >= 4 is 34.1 Å². The fourth-order valence-electron chi connectivity index (χ4n) is 8.06. The summed E-state index contributed by atoms with van der Waals surface area (Å²) in [5.41, 5.74) is 10.8. The van der Waals surface area contributed by atoms with Crippen LogP contribution in [0.5, 0.6) is 0 Å². The average molecular weight is 867 g/mol. The highest BCUT2D eigenvalue weighted by molar-refractivity contribution is 5.84. The topological polar surface area (TPSA) is 6.48 Å². The number of halogens is 2. The Bertz CT molecular complexity index is 3520. The second kappa shape index (κ2) is 18.4. The van der Waals surface area contributed by atoms with Crippen molar-refractivity contribution in [2.45, 2.75) is 13.8 Å². The quantitative estimate of drug-likeness (QED) is 0.128. The summed E-state index contributed by atoms with van der Waals surface area (Å²) in [6, 6.07) is 50.7. The van der Waals surface area contributed by atoms with Crippen LogP contribution in [0.4, 0.5) is 42.9 Å². The molecule has 2 nitrogen and oxygen atoms in total. The molecule has 0 amide bonds. The van der Waals surface area contributed by atoms with Gasteiger partial charge in [-0.05, 0) is 143 Å². The number of benzene rings is 10. The minimum Gasteiger partial charge on any atom is -0.310 e. The first-order valence-electron chi connectivity index (χ1n) is 26.4. The summed E-state index contributed by atoms with van der Waals surface area (Å²) in [5.74, 6) is -0.856. The molecule has 0 fully saturated rings. The lowest BCUT2D eigenvalue weighted by atomic mass is 10.0. The normalized spacial score (nSPS) is 13.2. The third-order valence-corrected chi connectivity index (χ3v) is 11.6. The van der Waals surface area contributed by atoms with E-state index in [0.717, 1.165) is 33.4 Å². The van der Waals surface area contributed by atoms with Crippen LogP contribution in [0.1, 0.15) is 24.8 Å². The first kappa shape index (κ1) is 31.5. The third-order valence-electron chi connectivity index (χ3n) is 11.6. The van der Waals surface area contributed by atoms with E-state index in [1.54, 1.807) is 60.7 Å². The highest BCUT2D eigenvalue weighted by atomic mass is 19.1. The first-order valence-corrected chi connectivity index (χ1v) is 21.4. The van der Waals surface area contributed by atoms with Gasteiger partial charge in [0.25, 0.3) is 0 Å². The number of rotatable bonds is 11. The molecule has 0 aromatic heterocycles. The summed E-state index contributed by atoms with van der Waals surface area (Å²) in [6.07, 6.45) is 0. The van der Waals surface area contributed by atoms with Crippen LogP contribution in [0.3, 0.4) is 0 Å². The maximum atomic E-state index is 16.2. The predicted molar refractivity (Wildman–Crippen MR) is 272 cm³/mol. The van der Waals surface area contributed by atoms with Gasteiger partial charge in [-0.25, -0.2) is 8.78 Å². The van der Waals surface area contributed by atoms with E-state index in [-0.39, 0.29) is 35.3 Å². The molecular formula is C62H46F2N2. The number of aryl methyl sites for hydroxylation is 2. The number of anilines is 6. The lowest BCUT2D eigenvalue weighted by Gasteiger charge is -2.27. The Labute approximate surface area is 400 Å². The maximum Gasteiger partial charge on any atom is 0.133 e. The van der Waals surface area contributed by atoms with Gasteiger partial charge in [0.15, 0.2) is 0 Å². The standard InChI is InChI=1S/C62H46F2N2/c1-43-13-17-51(18-14-43)59-39-37-57(41-61(59)63)65(53-29-21-47(22-30-53)45-9-5-3-6-10-45)55-33-25-49(26-34-55)50-27-35-56(36-28-50)66(54-31-23-48(24-32-54)46-11-7-4-8-12-46)58-38-40-60(62(64)42-58)52-19-15-44(2)16-20-52/h3-42H,1-2H3/i3D,4D,5D,6D,7D,8D,9D,10D,11D,12D. The van der Waals surface area contributed by atoms with E-state index in [2.05, 4.69) is 0 Å². The smallest absolute Gasteiger partial charge is 0.133 e. The largest absolute Gasteiger partial charge is 0.310 e. The maximum absolute atomic E-state index is 16.2. The lowest BCUT2D eigenvalue weighted by Crippen LogP contribution is -2.10. The van der Waals surface area contributed by atoms with Crippen LogP contribution in [-0.2, 0) is 0 Å². The molecule has 0 aliphatic heterocycles. The fraction of sp³-hybridized carbons (Fsp3) is 0.0323. The van der Waals surface area contributed by atoms with Crippen molar-refractivity contribution in [3.8, 4) is 55.6 Å². The van der Waals surface area contributed by atoms with Gasteiger partial charge in [0, 0.05) is 45.3 Å². The molecule has 0 aliphatic carbocycles. The first-order chi connectivity index (χ1) is 36.5. The van der Waals surface area contributed by atoms with Crippen molar-refractivity contribution in [2.75, 3.05) is 9.80 Å². The Kier molecular flexibility index (Phi) is 8.78. The van der Waals surface area contributed by atoms with Gasteiger partial charge >= 0.3 is 0 Å². The van der Waals surface area contributed by atoms with Crippen molar-refractivity contribution in [1.29, 1.82) is 0 Å². The Morgan fingerprint density at radius 1 is 0.288 bits per heavy atom. The summed E-state index contributed by atoms with van der Waals surface area (Å²) >= 11 is 0. The zero-order valence-electron chi connectivity index (χ0n) is 46.0. The summed E-state index contributed by atoms with van der Waals surface area (Å²) in [5, 5.41) is 0. The lowest BCUT2D eigenvalue weighted by molar-refractivity contribution is 0.631. The van der Waals surface area contributed by atoms with E-state index in [0.29, 0.717) is 56.4 Å². The van der Waals surface area contributed by atoms with E-state index in [9.17, 15) is 0 Å². The molecule has 0 saturated carbocycles. The zero-order chi connectivity index (χ0) is 53.7. The molecule has 0 unspecified atom stereocenters. The van der Waals surface area contributed by atoms with Gasteiger partial charge in [-0.15, -0.1) is 0 Å². The highest BCUT2D eigenvalue weighted by Crippen LogP contribution is 2.41. The minimum absolute atomic E-state index is 0.0734. The van der Waals surface area contributed by atoms with Crippen LogP contribution >= 0.6 is 0 Å². The second-order valence-electron chi connectivity index (χ2n) is 15.9. The van der Waals surface area contributed by atoms with E-state index in [4.69, 9.17) is 13.7 Å². The predicted octanol–water partition coefficient (Wildman–Crippen LogP) is 17.9. The summed E-state index contributed by atoms with van der Waals surface area (Å²) in [7, 11) is 0. The Hall–Kier alpha value is -8.34. The highest BCUT2D eigenvalue weighted by Gasteiger charge is 2.19. The Morgan fingerprint density at radius 2 is 0.545 bits per heavy atom.